The molecule has 1 heterocycles. The highest BCUT2D eigenvalue weighted by Crippen LogP contribution is 2.30. The second-order valence-electron chi connectivity index (χ2n) is 16.3. The van der Waals surface area contributed by atoms with Gasteiger partial charge in [0.15, 0.2) is 12.1 Å². The Morgan fingerprint density at radius 1 is 1.02 bits per heavy atom. The van der Waals surface area contributed by atoms with Crippen molar-refractivity contribution in [3.05, 3.63) is 12.2 Å². The number of carbonyl (C=O) groups is 4. The van der Waals surface area contributed by atoms with E-state index in [0.29, 0.717) is 44.8 Å². The number of Topliss-reactive ketones (excluding diaryl/α,β-unsaturated/α-hetero) is 2. The Hall–Kier alpha value is -1.87. The summed E-state index contributed by atoms with van der Waals surface area (Å²) in [4.78, 5) is 55.4. The summed E-state index contributed by atoms with van der Waals surface area (Å²) in [7, 11) is 1.89. The van der Waals surface area contributed by atoms with Crippen LogP contribution in [-0.2, 0) is 31.4 Å². The summed E-state index contributed by atoms with van der Waals surface area (Å²) in [6.07, 6.45) is 6.89. The molecule has 3 unspecified atom stereocenters. The maximum atomic E-state index is 14.5. The Labute approximate surface area is 307 Å². The van der Waals surface area contributed by atoms with E-state index < -0.39 is 47.4 Å². The molecule has 0 spiro atoms. The molecule has 12 nitrogen and oxygen atoms in total. The van der Waals surface area contributed by atoms with Crippen molar-refractivity contribution in [3.8, 4) is 0 Å². The van der Waals surface area contributed by atoms with Gasteiger partial charge in [-0.2, -0.15) is 4.55 Å². The lowest BCUT2D eigenvalue weighted by Gasteiger charge is -2.39. The molecule has 0 bridgehead atoms. The number of allylic oxidation sites excluding steroid dienone is 1. The van der Waals surface area contributed by atoms with E-state index in [1.54, 1.807) is 11.8 Å². The molecular weight excluding hydrogens is 657 g/mol. The molecule has 0 aliphatic carbocycles. The number of aliphatic hydroxyl groups is 1. The number of rotatable bonds is 23. The van der Waals surface area contributed by atoms with E-state index >= 15 is 0 Å². The third-order valence-corrected chi connectivity index (χ3v) is 9.83. The highest BCUT2D eigenvalue weighted by Gasteiger charge is 2.45. The molecule has 50 heavy (non-hydrogen) atoms. The topological polar surface area (TPSA) is 163 Å². The predicted molar refractivity (Wildman–Crippen MR) is 204 cm³/mol. The number of hydrogen-bond acceptors (Lipinski definition) is 10. The lowest BCUT2D eigenvalue weighted by atomic mass is 9.85. The van der Waals surface area contributed by atoms with Crippen LogP contribution in [0.25, 0.3) is 0 Å². The third kappa shape index (κ3) is 15.8. The Bertz CT molecular complexity index is 1090. The van der Waals surface area contributed by atoms with Crippen LogP contribution >= 0.6 is 0 Å². The maximum Gasteiger partial charge on any atom is 0.243 e. The van der Waals surface area contributed by atoms with E-state index in [9.17, 15) is 28.8 Å². The molecule has 1 rings (SSSR count). The Morgan fingerprint density at radius 3 is 2.20 bits per heavy atom. The first-order chi connectivity index (χ1) is 23.3. The largest absolute Gasteiger partial charge is 0.365 e. The van der Waals surface area contributed by atoms with Crippen LogP contribution < -0.4 is 21.3 Å². The molecule has 1 fully saturated rings. The zero-order valence-corrected chi connectivity index (χ0v) is 33.7. The van der Waals surface area contributed by atoms with Crippen LogP contribution in [-0.4, -0.2) is 106 Å². The first-order valence-corrected chi connectivity index (χ1v) is 19.4. The van der Waals surface area contributed by atoms with Crippen LogP contribution in [0.15, 0.2) is 12.2 Å². The molecule has 0 aromatic heterocycles. The van der Waals surface area contributed by atoms with Crippen molar-refractivity contribution in [3.63, 3.8) is 0 Å². The van der Waals surface area contributed by atoms with Crippen molar-refractivity contribution in [1.82, 2.24) is 30.5 Å². The van der Waals surface area contributed by atoms with Crippen LogP contribution in [0.1, 0.15) is 114 Å². The molecule has 2 amide bonds. The van der Waals surface area contributed by atoms with Crippen LogP contribution in [0.5, 0.6) is 0 Å². The number of amides is 2. The molecule has 1 saturated heterocycles. The minimum atomic E-state index is -1.27. The van der Waals surface area contributed by atoms with Crippen molar-refractivity contribution < 1.29 is 28.8 Å². The quantitative estimate of drug-likeness (QED) is 0.0230. The lowest BCUT2D eigenvalue weighted by Crippen LogP contribution is -2.63. The fourth-order valence-corrected chi connectivity index (χ4v) is 6.48. The Kier molecular flexibility index (Phi) is 20.5. The fourth-order valence-electron chi connectivity index (χ4n) is 6.01. The second kappa shape index (κ2) is 22.3. The summed E-state index contributed by atoms with van der Waals surface area (Å²) >= 11 is 0.146. The van der Waals surface area contributed by atoms with Gasteiger partial charge in [0.05, 0.1) is 18.6 Å². The van der Waals surface area contributed by atoms with Crippen LogP contribution in [0, 0.1) is 22.7 Å². The van der Waals surface area contributed by atoms with Gasteiger partial charge in [0.25, 0.3) is 0 Å². The maximum absolute atomic E-state index is 14.5. The zero-order valence-electron chi connectivity index (χ0n) is 32.8. The number of nitrogens with one attached hydrogen (secondary N) is 4. The first-order valence-electron chi connectivity index (χ1n) is 18.6. The third-order valence-electron chi connectivity index (χ3n) is 9.21. The number of thiol groups is 1. The van der Waals surface area contributed by atoms with E-state index in [4.69, 9.17) is 0 Å². The number of aliphatic hydroxyl groups excluding tert-OH is 1. The molecule has 13 heteroatoms. The summed E-state index contributed by atoms with van der Waals surface area (Å²) in [6.45, 7) is 22.0. The Morgan fingerprint density at radius 2 is 1.68 bits per heavy atom. The number of unbranched alkanes of at least 4 members (excludes halogenated alkanes) is 1. The van der Waals surface area contributed by atoms with Crippen LogP contribution in [0.2, 0.25) is 0 Å². The van der Waals surface area contributed by atoms with E-state index in [1.165, 1.54) is 0 Å². The first kappa shape index (κ1) is 46.2. The van der Waals surface area contributed by atoms with Gasteiger partial charge in [0.2, 0.25) is 29.8 Å². The highest BCUT2D eigenvalue weighted by atomic mass is 32.2. The standard InChI is InChI=1S/C37H70N6O6S/c1-12-14-19-27(31(45)29(44)13-2)39-33(46)28-22-26(18-15-17-25(3)4)23-43(28)34(47)32(37(8,9)10)41-35(48)40-30(36(5,6)7)24-42(50-49)21-16-20-38-11/h15,18,25-28,30,32,35,38,40-41,48-49H,12-14,16-17,19-24H2,1-11H3,(H,39,46)/p+1/b18-15+/t26?,27?,28-,30+,32+,35?/m0/s1. The van der Waals surface area contributed by atoms with Gasteiger partial charge in [-0.3, -0.25) is 29.8 Å². The number of carbonyl (C=O) groups excluding carboxylic acids is 4. The normalized spacial score (nSPS) is 19.6. The van der Waals surface area contributed by atoms with E-state index in [0.717, 1.165) is 25.8 Å². The molecule has 1 aliphatic rings. The SMILES string of the molecule is CCCCC(NC(=O)[C@@H]1CC(/C=C/CC(C)C)CN1C(=O)[C@@H](NC(O)N[C@H](CN(CCCNC)[SH+]O)C(C)(C)C)C(C)(C)C)C(=O)C(=O)CC. The van der Waals surface area contributed by atoms with Crippen molar-refractivity contribution in [1.29, 1.82) is 0 Å². The second-order valence-corrected chi connectivity index (χ2v) is 17.1. The molecule has 6 atom stereocenters. The minimum Gasteiger partial charge on any atom is -0.365 e. The summed E-state index contributed by atoms with van der Waals surface area (Å²) in [5.41, 5.74) is -0.950. The average molecular weight is 728 g/mol. The summed E-state index contributed by atoms with van der Waals surface area (Å²) < 4.78 is 11.9. The molecule has 6 N–H and O–H groups in total. The van der Waals surface area contributed by atoms with Crippen LogP contribution in [0.3, 0.4) is 0 Å². The molecule has 1 aliphatic heterocycles. The smallest absolute Gasteiger partial charge is 0.243 e. The van der Waals surface area contributed by atoms with E-state index in [1.807, 2.05) is 39.0 Å². The Balaban J connectivity index is 3.36. The number of ketones is 2. The predicted octanol–water partition coefficient (Wildman–Crippen LogP) is 3.43. The van der Waals surface area contributed by atoms with E-state index in [2.05, 4.69) is 68.0 Å². The highest BCUT2D eigenvalue weighted by molar-refractivity contribution is 7.69. The van der Waals surface area contributed by atoms with Gasteiger partial charge < -0.3 is 20.6 Å². The monoisotopic (exact) mass is 728 g/mol. The number of nitrogens with zero attached hydrogens (tertiary/aromatic N) is 2. The van der Waals surface area contributed by atoms with Gasteiger partial charge in [-0.15, -0.1) is 0 Å². The fraction of sp³-hybridized carbons (Fsp3) is 0.838. The average Bonchev–Trinajstić information content (AvgIpc) is 3.46. The van der Waals surface area contributed by atoms with Crippen molar-refractivity contribution in [2.45, 2.75) is 145 Å². The van der Waals surface area contributed by atoms with Gasteiger partial charge >= 0.3 is 0 Å². The summed E-state index contributed by atoms with van der Waals surface area (Å²) in [5.74, 6) is -1.51. The molecule has 0 aromatic carbocycles. The van der Waals surface area contributed by atoms with Crippen LogP contribution in [0.4, 0.5) is 0 Å². The minimum absolute atomic E-state index is 0.0629. The number of hydrogen-bond donors (Lipinski definition) is 6. The van der Waals surface area contributed by atoms with E-state index in [-0.39, 0.29) is 41.9 Å². The molecule has 290 valence electrons. The molecule has 0 aromatic rings. The van der Waals surface area contributed by atoms with Crippen molar-refractivity contribution in [2.75, 3.05) is 33.2 Å². The summed E-state index contributed by atoms with van der Waals surface area (Å²) in [5, 5.41) is 23.8. The molecule has 0 saturated carbocycles. The van der Waals surface area contributed by atoms with Gasteiger partial charge in [-0.1, -0.05) is 98.5 Å². The van der Waals surface area contributed by atoms with Gasteiger partial charge in [-0.05, 0) is 61.9 Å². The number of likely N-dealkylation sites (tertiary alicyclic amines) is 1. The van der Waals surface area contributed by atoms with Crippen molar-refractivity contribution >= 4 is 35.6 Å². The zero-order chi connectivity index (χ0) is 38.2. The van der Waals surface area contributed by atoms with Gasteiger partial charge in [-0.25, -0.2) is 0 Å². The summed E-state index contributed by atoms with van der Waals surface area (Å²) in [6, 6.07) is -2.91. The lowest BCUT2D eigenvalue weighted by molar-refractivity contribution is -0.144. The van der Waals surface area contributed by atoms with Gasteiger partial charge in [0, 0.05) is 25.6 Å². The van der Waals surface area contributed by atoms with Crippen molar-refractivity contribution in [2.24, 2.45) is 22.7 Å². The molecular formula is C37H71N6O6S+. The molecule has 0 radical (unpaired) electrons. The van der Waals surface area contributed by atoms with Gasteiger partial charge in [0.1, 0.15) is 6.04 Å².